The van der Waals surface area contributed by atoms with Crippen LogP contribution in [0, 0.1) is 0 Å². The van der Waals surface area contributed by atoms with Gasteiger partial charge in [0.2, 0.25) is 0 Å². The highest BCUT2D eigenvalue weighted by atomic mass is 32.2. The standard InChI is InChI=1S/C13H17NO4S/c1-2-3-4-5-8-18-10-6-7-11-12(9-10)19(16,17)14-13(11)15/h6-7,9H,2-5,8H2,1H3,(H,14,15). The number of carbonyl (C=O) groups is 1. The Bertz CT molecular complexity index is 580. The third-order valence-electron chi connectivity index (χ3n) is 2.98. The van der Waals surface area contributed by atoms with Crippen molar-refractivity contribution >= 4 is 15.9 Å². The van der Waals surface area contributed by atoms with Gasteiger partial charge in [0.15, 0.2) is 0 Å². The fraction of sp³-hybridized carbons (Fsp3) is 0.462. The van der Waals surface area contributed by atoms with Gasteiger partial charge in [0.05, 0.1) is 12.2 Å². The van der Waals surface area contributed by atoms with Gasteiger partial charge in [0, 0.05) is 6.07 Å². The van der Waals surface area contributed by atoms with Crippen molar-refractivity contribution in [1.82, 2.24) is 4.72 Å². The maximum atomic E-state index is 11.6. The summed E-state index contributed by atoms with van der Waals surface area (Å²) in [5, 5.41) is 0. The summed E-state index contributed by atoms with van der Waals surface area (Å²) in [5.74, 6) is -0.0974. The van der Waals surface area contributed by atoms with E-state index in [0.29, 0.717) is 12.4 Å². The van der Waals surface area contributed by atoms with E-state index < -0.39 is 15.9 Å². The van der Waals surface area contributed by atoms with Crippen molar-refractivity contribution in [3.63, 3.8) is 0 Å². The lowest BCUT2D eigenvalue weighted by Crippen LogP contribution is -2.20. The van der Waals surface area contributed by atoms with E-state index in [1.54, 1.807) is 6.07 Å². The molecule has 0 radical (unpaired) electrons. The molecule has 1 N–H and O–H groups in total. The molecule has 5 nitrogen and oxygen atoms in total. The zero-order chi connectivity index (χ0) is 13.9. The molecule has 0 atom stereocenters. The molecule has 19 heavy (non-hydrogen) atoms. The van der Waals surface area contributed by atoms with E-state index in [4.69, 9.17) is 4.74 Å². The summed E-state index contributed by atoms with van der Waals surface area (Å²) >= 11 is 0. The minimum absolute atomic E-state index is 0.00329. The highest BCUT2D eigenvalue weighted by Gasteiger charge is 2.32. The Labute approximate surface area is 113 Å². The zero-order valence-electron chi connectivity index (χ0n) is 10.8. The highest BCUT2D eigenvalue weighted by Crippen LogP contribution is 2.26. The van der Waals surface area contributed by atoms with Crippen LogP contribution >= 0.6 is 0 Å². The number of amides is 1. The number of hydrogen-bond donors (Lipinski definition) is 1. The molecule has 0 aromatic heterocycles. The van der Waals surface area contributed by atoms with E-state index in [9.17, 15) is 13.2 Å². The monoisotopic (exact) mass is 283 g/mol. The average molecular weight is 283 g/mol. The third-order valence-corrected chi connectivity index (χ3v) is 4.35. The number of unbranched alkanes of at least 4 members (excludes halogenated alkanes) is 3. The molecule has 2 rings (SSSR count). The lowest BCUT2D eigenvalue weighted by atomic mass is 10.2. The van der Waals surface area contributed by atoms with Crippen LogP contribution in [-0.2, 0) is 10.0 Å². The lowest BCUT2D eigenvalue weighted by molar-refractivity contribution is 0.0985. The number of ether oxygens (including phenoxy) is 1. The van der Waals surface area contributed by atoms with Crippen LogP contribution in [0.2, 0.25) is 0 Å². The van der Waals surface area contributed by atoms with E-state index in [2.05, 4.69) is 6.92 Å². The van der Waals surface area contributed by atoms with Crippen molar-refractivity contribution in [1.29, 1.82) is 0 Å². The van der Waals surface area contributed by atoms with Gasteiger partial charge in [-0.15, -0.1) is 0 Å². The molecule has 0 saturated heterocycles. The molecule has 6 heteroatoms. The van der Waals surface area contributed by atoms with Crippen molar-refractivity contribution in [2.45, 2.75) is 37.5 Å². The van der Waals surface area contributed by atoms with E-state index >= 15 is 0 Å². The topological polar surface area (TPSA) is 72.5 Å². The van der Waals surface area contributed by atoms with Gasteiger partial charge in [-0.05, 0) is 18.6 Å². The molecule has 0 aliphatic carbocycles. The summed E-state index contributed by atoms with van der Waals surface area (Å²) in [6.45, 7) is 2.69. The van der Waals surface area contributed by atoms with Gasteiger partial charge in [-0.25, -0.2) is 13.1 Å². The smallest absolute Gasteiger partial charge is 0.266 e. The van der Waals surface area contributed by atoms with Crippen LogP contribution in [0.1, 0.15) is 43.0 Å². The predicted molar refractivity (Wildman–Crippen MR) is 70.7 cm³/mol. The van der Waals surface area contributed by atoms with Gasteiger partial charge >= 0.3 is 0 Å². The summed E-state index contributed by atoms with van der Waals surface area (Å²) < 4.78 is 30.7. The fourth-order valence-corrected chi connectivity index (χ4v) is 3.14. The molecule has 1 aromatic carbocycles. The predicted octanol–water partition coefficient (Wildman–Crippen LogP) is 2.08. The SMILES string of the molecule is CCCCCCOc1ccc2c(c1)S(=O)(=O)NC2=O. The molecule has 1 aliphatic heterocycles. The van der Waals surface area contributed by atoms with Crippen molar-refractivity contribution in [2.75, 3.05) is 6.61 Å². The summed E-state index contributed by atoms with van der Waals surface area (Å²) in [5.41, 5.74) is 0.179. The van der Waals surface area contributed by atoms with Crippen LogP contribution in [0.15, 0.2) is 23.1 Å². The molecule has 1 aromatic rings. The Balaban J connectivity index is 2.04. The van der Waals surface area contributed by atoms with E-state index in [0.717, 1.165) is 19.3 Å². The minimum Gasteiger partial charge on any atom is -0.494 e. The fourth-order valence-electron chi connectivity index (χ4n) is 1.95. The summed E-state index contributed by atoms with van der Waals surface area (Å²) in [6.07, 6.45) is 4.36. The molecule has 104 valence electrons. The van der Waals surface area contributed by atoms with Gasteiger partial charge < -0.3 is 4.74 Å². The van der Waals surface area contributed by atoms with Crippen LogP contribution < -0.4 is 9.46 Å². The quantitative estimate of drug-likeness (QED) is 0.811. The Morgan fingerprint density at radius 3 is 2.74 bits per heavy atom. The van der Waals surface area contributed by atoms with Crippen molar-refractivity contribution in [3.8, 4) is 5.75 Å². The average Bonchev–Trinajstić information content (AvgIpc) is 2.59. The second-order valence-electron chi connectivity index (χ2n) is 4.50. The number of nitrogens with one attached hydrogen (secondary N) is 1. The molecule has 1 heterocycles. The molecule has 0 unspecified atom stereocenters. The first-order valence-corrected chi connectivity index (χ1v) is 7.87. The largest absolute Gasteiger partial charge is 0.494 e. The zero-order valence-corrected chi connectivity index (χ0v) is 11.6. The number of hydrogen-bond acceptors (Lipinski definition) is 4. The number of carbonyl (C=O) groups excluding carboxylic acids is 1. The molecule has 1 amide bonds. The van der Waals surface area contributed by atoms with Gasteiger partial charge in [-0.3, -0.25) is 4.79 Å². The number of benzene rings is 1. The van der Waals surface area contributed by atoms with E-state index in [1.807, 2.05) is 4.72 Å². The van der Waals surface area contributed by atoms with Gasteiger partial charge in [-0.2, -0.15) is 0 Å². The molecular weight excluding hydrogens is 266 g/mol. The highest BCUT2D eigenvalue weighted by molar-refractivity contribution is 7.90. The summed E-state index contributed by atoms with van der Waals surface area (Å²) in [7, 11) is -3.70. The summed E-state index contributed by atoms with van der Waals surface area (Å²) in [6, 6.07) is 4.51. The first-order chi connectivity index (χ1) is 9.04. The van der Waals surface area contributed by atoms with Crippen LogP contribution in [0.4, 0.5) is 0 Å². The van der Waals surface area contributed by atoms with E-state index in [-0.39, 0.29) is 10.5 Å². The Morgan fingerprint density at radius 2 is 2.00 bits per heavy atom. The molecule has 0 fully saturated rings. The van der Waals surface area contributed by atoms with Gasteiger partial charge in [0.25, 0.3) is 15.9 Å². The Kier molecular flexibility index (Phi) is 4.09. The molecule has 0 bridgehead atoms. The maximum absolute atomic E-state index is 11.6. The van der Waals surface area contributed by atoms with Gasteiger partial charge in [-0.1, -0.05) is 26.2 Å². The Morgan fingerprint density at radius 1 is 1.21 bits per heavy atom. The van der Waals surface area contributed by atoms with Gasteiger partial charge in [0.1, 0.15) is 10.6 Å². The van der Waals surface area contributed by atoms with E-state index in [1.165, 1.54) is 18.6 Å². The number of fused-ring (bicyclic) bond motifs is 1. The number of rotatable bonds is 6. The van der Waals surface area contributed by atoms with Crippen molar-refractivity contribution in [2.24, 2.45) is 0 Å². The van der Waals surface area contributed by atoms with Crippen molar-refractivity contribution in [3.05, 3.63) is 23.8 Å². The molecule has 1 aliphatic rings. The maximum Gasteiger partial charge on any atom is 0.266 e. The minimum atomic E-state index is -3.70. The second-order valence-corrected chi connectivity index (χ2v) is 6.15. The number of sulfonamides is 1. The Hall–Kier alpha value is -1.56. The van der Waals surface area contributed by atoms with Crippen LogP contribution in [-0.4, -0.2) is 20.9 Å². The summed E-state index contributed by atoms with van der Waals surface area (Å²) in [4.78, 5) is 11.4. The lowest BCUT2D eigenvalue weighted by Gasteiger charge is -2.06. The second kappa shape index (κ2) is 5.61. The van der Waals surface area contributed by atoms with Crippen LogP contribution in [0.3, 0.4) is 0 Å². The third kappa shape index (κ3) is 3.07. The van der Waals surface area contributed by atoms with Crippen LogP contribution in [0.5, 0.6) is 5.75 Å². The first kappa shape index (κ1) is 13.9. The molecular formula is C13H17NO4S. The normalized spacial score (nSPS) is 15.9. The van der Waals surface area contributed by atoms with Crippen LogP contribution in [0.25, 0.3) is 0 Å². The first-order valence-electron chi connectivity index (χ1n) is 6.38. The van der Waals surface area contributed by atoms with Crippen molar-refractivity contribution < 1.29 is 17.9 Å². The molecule has 0 spiro atoms. The molecule has 0 saturated carbocycles.